The van der Waals surface area contributed by atoms with Gasteiger partial charge in [-0.1, -0.05) is 35.5 Å². The molecule has 3 aromatic heterocycles. The van der Waals surface area contributed by atoms with Gasteiger partial charge in [0, 0.05) is 6.07 Å². The van der Waals surface area contributed by atoms with Crippen LogP contribution in [-0.4, -0.2) is 22.3 Å². The second kappa shape index (κ2) is 8.15. The maximum absolute atomic E-state index is 12.4. The number of fused-ring (bicyclic) bond motifs is 1. The Hall–Kier alpha value is -4.45. The van der Waals surface area contributed by atoms with Crippen molar-refractivity contribution >= 4 is 28.9 Å². The van der Waals surface area contributed by atoms with Gasteiger partial charge in [-0.05, 0) is 50.2 Å². The van der Waals surface area contributed by atoms with E-state index in [0.717, 1.165) is 5.56 Å². The maximum atomic E-state index is 12.4. The Morgan fingerprint density at radius 1 is 1.18 bits per heavy atom. The molecule has 1 amide bonds. The molecule has 1 aliphatic carbocycles. The number of carbonyl (C=O) groups excluding carboxylic acids is 1. The number of nitrogens with one attached hydrogen (secondary N) is 1. The molecule has 34 heavy (non-hydrogen) atoms. The van der Waals surface area contributed by atoms with Gasteiger partial charge in [0.1, 0.15) is 23.0 Å². The summed E-state index contributed by atoms with van der Waals surface area (Å²) in [5.74, 6) is 5.99. The minimum atomic E-state index is -0.946. The second-order valence-corrected chi connectivity index (χ2v) is 8.15. The quantitative estimate of drug-likeness (QED) is 0.392. The number of amides is 1. The first kappa shape index (κ1) is 21.4. The van der Waals surface area contributed by atoms with E-state index >= 15 is 0 Å². The summed E-state index contributed by atoms with van der Waals surface area (Å²) in [5.41, 5.74) is 0.422. The Kier molecular flexibility index (Phi) is 5.13. The van der Waals surface area contributed by atoms with Crippen LogP contribution in [0, 0.1) is 18.8 Å². The van der Waals surface area contributed by atoms with Crippen LogP contribution in [0.15, 0.2) is 55.8 Å². The summed E-state index contributed by atoms with van der Waals surface area (Å²) >= 11 is 0. The lowest BCUT2D eigenvalue weighted by molar-refractivity contribution is -0.140. The normalized spacial score (nSPS) is 14.8. The third-order valence-corrected chi connectivity index (χ3v) is 5.79. The molecule has 9 nitrogen and oxygen atoms in total. The van der Waals surface area contributed by atoms with Crippen molar-refractivity contribution in [1.82, 2.24) is 5.16 Å². The molecule has 1 aliphatic rings. The summed E-state index contributed by atoms with van der Waals surface area (Å²) in [6, 6.07) is 12.7. The first-order valence-electron chi connectivity index (χ1n) is 10.6. The van der Waals surface area contributed by atoms with Crippen molar-refractivity contribution in [1.29, 1.82) is 0 Å². The predicted molar refractivity (Wildman–Crippen MR) is 119 cm³/mol. The lowest BCUT2D eigenvalue weighted by Gasteiger charge is -2.13. The zero-order chi connectivity index (χ0) is 23.9. The van der Waals surface area contributed by atoms with Crippen LogP contribution in [0.4, 0.5) is 10.5 Å². The fraction of sp³-hybridized carbons (Fsp3) is 0.240. The molecule has 172 valence electrons. The molecule has 4 aromatic rings. The number of benzene rings is 1. The van der Waals surface area contributed by atoms with Crippen LogP contribution in [0.3, 0.4) is 0 Å². The third-order valence-electron chi connectivity index (χ3n) is 5.79. The lowest BCUT2D eigenvalue weighted by atomic mass is 10.0. The summed E-state index contributed by atoms with van der Waals surface area (Å²) in [6.07, 6.45) is -0.0332. The Balaban J connectivity index is 1.30. The average Bonchev–Trinajstić information content (AvgIpc) is 3.26. The molecule has 0 bridgehead atoms. The highest BCUT2D eigenvalue weighted by Crippen LogP contribution is 2.50. The van der Waals surface area contributed by atoms with Gasteiger partial charge in [-0.2, -0.15) is 0 Å². The predicted octanol–water partition coefficient (Wildman–Crippen LogP) is 5.15. The third kappa shape index (κ3) is 3.90. The number of carboxylic acid groups (broad SMARTS) is 1. The highest BCUT2D eigenvalue weighted by molar-refractivity contribution is 5.87. The highest BCUT2D eigenvalue weighted by Gasteiger charge is 2.54. The average molecular weight is 460 g/mol. The topological polar surface area (TPSA) is 128 Å². The summed E-state index contributed by atoms with van der Waals surface area (Å²) in [7, 11) is 0. The smallest absolute Gasteiger partial charge is 0.412 e. The summed E-state index contributed by atoms with van der Waals surface area (Å²) in [5, 5.41) is 16.6. The Labute approximate surface area is 193 Å². The first-order chi connectivity index (χ1) is 16.4. The van der Waals surface area contributed by atoms with Gasteiger partial charge in [0.15, 0.2) is 17.2 Å². The minimum absolute atomic E-state index is 0.207. The van der Waals surface area contributed by atoms with E-state index in [1.165, 1.54) is 0 Å². The minimum Gasteiger partial charge on any atom is -0.480 e. The van der Waals surface area contributed by atoms with Gasteiger partial charge in [0.2, 0.25) is 0 Å². The van der Waals surface area contributed by atoms with Crippen LogP contribution in [0.2, 0.25) is 0 Å². The molecule has 3 heterocycles. The number of hydrogen-bond acceptors (Lipinski definition) is 7. The molecule has 1 atom stereocenters. The number of hydrogen-bond donors (Lipinski definition) is 2. The number of aryl methyl sites for hydroxylation is 1. The molecule has 1 unspecified atom stereocenters. The fourth-order valence-electron chi connectivity index (χ4n) is 3.64. The van der Waals surface area contributed by atoms with E-state index < -0.39 is 23.6 Å². The number of rotatable bonds is 5. The van der Waals surface area contributed by atoms with Gasteiger partial charge >= 0.3 is 12.1 Å². The number of ether oxygens (including phenoxy) is 1. The lowest BCUT2D eigenvalue weighted by Crippen LogP contribution is -2.18. The van der Waals surface area contributed by atoms with Crippen molar-refractivity contribution in [2.75, 3.05) is 5.32 Å². The van der Waals surface area contributed by atoms with Gasteiger partial charge in [-0.3, -0.25) is 10.1 Å². The van der Waals surface area contributed by atoms with Crippen LogP contribution in [0.25, 0.3) is 11.2 Å². The van der Waals surface area contributed by atoms with Crippen molar-refractivity contribution < 1.29 is 32.8 Å². The molecule has 2 N–H and O–H groups in total. The number of aliphatic carboxylic acids is 1. The van der Waals surface area contributed by atoms with Crippen LogP contribution in [0.5, 0.6) is 0 Å². The number of carboxylic acids is 1. The van der Waals surface area contributed by atoms with E-state index in [1.54, 1.807) is 26.0 Å². The molecule has 1 aromatic carbocycles. The maximum Gasteiger partial charge on any atom is 0.412 e. The first-order valence-corrected chi connectivity index (χ1v) is 10.6. The van der Waals surface area contributed by atoms with E-state index in [2.05, 4.69) is 22.3 Å². The van der Waals surface area contributed by atoms with Crippen molar-refractivity contribution in [2.24, 2.45) is 0 Å². The molecule has 0 saturated heterocycles. The van der Waals surface area contributed by atoms with Crippen molar-refractivity contribution in [2.45, 2.75) is 38.2 Å². The zero-order valence-corrected chi connectivity index (χ0v) is 18.4. The number of nitrogens with zero attached hydrogens (tertiary/aromatic N) is 1. The summed E-state index contributed by atoms with van der Waals surface area (Å²) in [6.45, 7) is 3.42. The Morgan fingerprint density at radius 2 is 1.94 bits per heavy atom. The van der Waals surface area contributed by atoms with Crippen molar-refractivity contribution in [3.63, 3.8) is 0 Å². The van der Waals surface area contributed by atoms with Crippen LogP contribution < -0.4 is 5.32 Å². The van der Waals surface area contributed by atoms with Crippen molar-refractivity contribution in [3.05, 3.63) is 71.0 Å². The number of furan rings is 2. The molecule has 0 aliphatic heterocycles. The van der Waals surface area contributed by atoms with Gasteiger partial charge in [0.05, 0.1) is 5.39 Å². The van der Waals surface area contributed by atoms with Crippen LogP contribution in [0.1, 0.15) is 54.4 Å². The SMILES string of the molecule is Cc1onc(C#Cc2cc3cc(C4(C(=O)O)CC4)oc3o2)c1NC(=O)OC(C)c1ccccc1. The van der Waals surface area contributed by atoms with E-state index in [4.69, 9.17) is 18.1 Å². The number of aromatic nitrogens is 1. The van der Waals surface area contributed by atoms with Gasteiger partial charge in [-0.25, -0.2) is 4.79 Å². The van der Waals surface area contributed by atoms with E-state index in [-0.39, 0.29) is 11.5 Å². The van der Waals surface area contributed by atoms with E-state index in [0.29, 0.717) is 41.2 Å². The van der Waals surface area contributed by atoms with Gasteiger partial charge < -0.3 is 23.2 Å². The standard InChI is InChI=1S/C25H20N2O7/c1-14(16-6-4-3-5-7-16)31-24(30)26-21-15(2)34-27-19(21)9-8-18-12-17-13-20(33-22(17)32-18)25(10-11-25)23(28)29/h3-7,12-14H,10-11H2,1-2H3,(H,26,30)(H,28,29). The second-order valence-electron chi connectivity index (χ2n) is 8.15. The van der Waals surface area contributed by atoms with Gasteiger partial charge in [-0.15, -0.1) is 0 Å². The van der Waals surface area contributed by atoms with Crippen LogP contribution >= 0.6 is 0 Å². The van der Waals surface area contributed by atoms with E-state index in [1.807, 2.05) is 30.3 Å². The Morgan fingerprint density at radius 3 is 2.62 bits per heavy atom. The van der Waals surface area contributed by atoms with Crippen molar-refractivity contribution in [3.8, 4) is 11.8 Å². The van der Waals surface area contributed by atoms with Crippen LogP contribution in [-0.2, 0) is 14.9 Å². The van der Waals surface area contributed by atoms with E-state index in [9.17, 15) is 14.7 Å². The highest BCUT2D eigenvalue weighted by atomic mass is 16.6. The molecule has 9 heteroatoms. The summed E-state index contributed by atoms with van der Waals surface area (Å²) < 4.78 is 21.8. The number of anilines is 1. The summed E-state index contributed by atoms with van der Waals surface area (Å²) in [4.78, 5) is 23.9. The Bertz CT molecular complexity index is 1410. The molecule has 1 fully saturated rings. The molecular weight excluding hydrogens is 440 g/mol. The molecule has 1 saturated carbocycles. The zero-order valence-electron chi connectivity index (χ0n) is 18.4. The molecular formula is C25H20N2O7. The fourth-order valence-corrected chi connectivity index (χ4v) is 3.64. The molecule has 0 spiro atoms. The number of carbonyl (C=O) groups is 2. The monoisotopic (exact) mass is 460 g/mol. The largest absolute Gasteiger partial charge is 0.480 e. The molecule has 5 rings (SSSR count). The van der Waals surface area contributed by atoms with Gasteiger partial charge in [0.25, 0.3) is 5.78 Å². The molecule has 0 radical (unpaired) electrons.